The highest BCUT2D eigenvalue weighted by Crippen LogP contribution is 2.17. The van der Waals surface area contributed by atoms with Crippen molar-refractivity contribution in [1.82, 2.24) is 19.6 Å². The van der Waals surface area contributed by atoms with Crippen LogP contribution in [0.5, 0.6) is 0 Å². The maximum absolute atomic E-state index is 13.4. The van der Waals surface area contributed by atoms with Gasteiger partial charge in [-0.15, -0.1) is 0 Å². The van der Waals surface area contributed by atoms with Crippen LogP contribution in [0, 0.1) is 0 Å². The third-order valence-electron chi connectivity index (χ3n) is 6.13. The quantitative estimate of drug-likeness (QED) is 0.521. The van der Waals surface area contributed by atoms with Gasteiger partial charge in [-0.2, -0.15) is 5.10 Å². The number of fused-ring (bicyclic) bond motifs is 1. The minimum absolute atomic E-state index is 0.0715. The number of aryl methyl sites for hydroxylation is 1. The number of nitrogens with one attached hydrogen (secondary N) is 1. The molecule has 0 bridgehead atoms. The van der Waals surface area contributed by atoms with E-state index in [9.17, 15) is 14.4 Å². The van der Waals surface area contributed by atoms with Gasteiger partial charge in [0.25, 0.3) is 11.5 Å². The van der Waals surface area contributed by atoms with Gasteiger partial charge in [-0.05, 0) is 24.6 Å². The molecule has 0 spiro atoms. The van der Waals surface area contributed by atoms with E-state index in [0.717, 1.165) is 24.9 Å². The molecular formula is C26H31N5O3. The van der Waals surface area contributed by atoms with Crippen LogP contribution in [-0.2, 0) is 11.3 Å². The van der Waals surface area contributed by atoms with Gasteiger partial charge in [-0.25, -0.2) is 4.68 Å². The van der Waals surface area contributed by atoms with E-state index in [1.54, 1.807) is 17.0 Å². The van der Waals surface area contributed by atoms with Crippen molar-refractivity contribution in [2.75, 3.05) is 38.0 Å². The first-order valence-corrected chi connectivity index (χ1v) is 11.9. The Morgan fingerprint density at radius 2 is 1.59 bits per heavy atom. The van der Waals surface area contributed by atoms with Crippen molar-refractivity contribution in [3.63, 3.8) is 0 Å². The van der Waals surface area contributed by atoms with E-state index >= 15 is 0 Å². The Bertz CT molecular complexity index is 1200. The Balaban J connectivity index is 1.43. The van der Waals surface area contributed by atoms with Gasteiger partial charge in [-0.3, -0.25) is 19.3 Å². The molecule has 0 radical (unpaired) electrons. The van der Waals surface area contributed by atoms with Crippen LogP contribution in [0.3, 0.4) is 0 Å². The zero-order valence-electron chi connectivity index (χ0n) is 19.6. The first kappa shape index (κ1) is 23.6. The van der Waals surface area contributed by atoms with Gasteiger partial charge < -0.3 is 10.2 Å². The van der Waals surface area contributed by atoms with Crippen molar-refractivity contribution in [2.24, 2.45) is 0 Å². The summed E-state index contributed by atoms with van der Waals surface area (Å²) < 4.78 is 1.44. The number of piperazine rings is 1. The fourth-order valence-electron chi connectivity index (χ4n) is 4.24. The number of aromatic nitrogens is 2. The number of hydrogen-bond donors (Lipinski definition) is 1. The number of carbonyl (C=O) groups excluding carboxylic acids is 2. The van der Waals surface area contributed by atoms with Gasteiger partial charge in [0.15, 0.2) is 5.69 Å². The highest BCUT2D eigenvalue weighted by Gasteiger charge is 2.26. The molecule has 1 aromatic heterocycles. The molecule has 0 saturated carbocycles. The number of amides is 2. The number of carbonyl (C=O) groups is 2. The summed E-state index contributed by atoms with van der Waals surface area (Å²) in [7, 11) is 0. The lowest BCUT2D eigenvalue weighted by molar-refractivity contribution is -0.117. The summed E-state index contributed by atoms with van der Waals surface area (Å²) in [4.78, 5) is 42.5. The molecule has 0 aliphatic carbocycles. The predicted octanol–water partition coefficient (Wildman–Crippen LogP) is 2.98. The summed E-state index contributed by atoms with van der Waals surface area (Å²) >= 11 is 0. The molecule has 1 aliphatic heterocycles. The zero-order chi connectivity index (χ0) is 23.9. The highest BCUT2D eigenvalue weighted by atomic mass is 16.2. The van der Waals surface area contributed by atoms with Crippen molar-refractivity contribution < 1.29 is 9.59 Å². The maximum atomic E-state index is 13.4. The van der Waals surface area contributed by atoms with Gasteiger partial charge >= 0.3 is 0 Å². The average molecular weight is 462 g/mol. The van der Waals surface area contributed by atoms with Crippen LogP contribution in [0.2, 0.25) is 0 Å². The summed E-state index contributed by atoms with van der Waals surface area (Å²) in [5.74, 6) is -0.244. The van der Waals surface area contributed by atoms with Crippen LogP contribution < -0.4 is 10.9 Å². The Kier molecular flexibility index (Phi) is 7.69. The molecule has 1 fully saturated rings. The van der Waals surface area contributed by atoms with E-state index in [2.05, 4.69) is 17.3 Å². The average Bonchev–Trinajstić information content (AvgIpc) is 2.86. The number of unbranched alkanes of at least 4 members (excludes halogenated alkanes) is 2. The predicted molar refractivity (Wildman–Crippen MR) is 133 cm³/mol. The fourth-order valence-corrected chi connectivity index (χ4v) is 4.24. The van der Waals surface area contributed by atoms with E-state index in [1.165, 1.54) is 4.68 Å². The first-order chi connectivity index (χ1) is 16.6. The van der Waals surface area contributed by atoms with Crippen LogP contribution in [-0.4, -0.2) is 64.1 Å². The number of rotatable bonds is 8. The molecular weight excluding hydrogens is 430 g/mol. The smallest absolute Gasteiger partial charge is 0.275 e. The molecule has 2 aromatic carbocycles. The maximum Gasteiger partial charge on any atom is 0.275 e. The molecule has 0 atom stereocenters. The molecule has 1 aliphatic rings. The van der Waals surface area contributed by atoms with Crippen molar-refractivity contribution in [1.29, 1.82) is 0 Å². The van der Waals surface area contributed by atoms with E-state index in [0.29, 0.717) is 49.2 Å². The molecule has 0 unspecified atom stereocenters. The van der Waals surface area contributed by atoms with Gasteiger partial charge in [0, 0.05) is 43.8 Å². The third-order valence-corrected chi connectivity index (χ3v) is 6.13. The van der Waals surface area contributed by atoms with Crippen LogP contribution in [0.1, 0.15) is 36.7 Å². The van der Waals surface area contributed by atoms with E-state index < -0.39 is 0 Å². The summed E-state index contributed by atoms with van der Waals surface area (Å²) in [6, 6.07) is 16.6. The number of hydrogen-bond acceptors (Lipinski definition) is 5. The summed E-state index contributed by atoms with van der Waals surface area (Å²) in [5.41, 5.74) is 0.938. The Labute approximate surface area is 199 Å². The molecule has 8 nitrogen and oxygen atoms in total. The highest BCUT2D eigenvalue weighted by molar-refractivity contribution is 6.04. The second kappa shape index (κ2) is 11.1. The zero-order valence-corrected chi connectivity index (χ0v) is 19.6. The van der Waals surface area contributed by atoms with Crippen molar-refractivity contribution >= 4 is 28.3 Å². The molecule has 8 heteroatoms. The van der Waals surface area contributed by atoms with Crippen molar-refractivity contribution in [3.8, 4) is 0 Å². The third kappa shape index (κ3) is 5.51. The van der Waals surface area contributed by atoms with Crippen LogP contribution in [0.4, 0.5) is 5.69 Å². The van der Waals surface area contributed by atoms with Gasteiger partial charge in [-0.1, -0.05) is 56.2 Å². The molecule has 1 N–H and O–H groups in total. The van der Waals surface area contributed by atoms with Gasteiger partial charge in [0.1, 0.15) is 0 Å². The molecule has 2 heterocycles. The van der Waals surface area contributed by atoms with E-state index in [4.69, 9.17) is 0 Å². The first-order valence-electron chi connectivity index (χ1n) is 11.9. The number of para-hydroxylation sites is 1. The summed E-state index contributed by atoms with van der Waals surface area (Å²) in [6.45, 7) is 5.09. The topological polar surface area (TPSA) is 87.5 Å². The summed E-state index contributed by atoms with van der Waals surface area (Å²) in [5, 5.41) is 8.51. The fraction of sp³-hybridized carbons (Fsp3) is 0.385. The standard InChI is InChI=1S/C26H31N5O3/c1-2-3-9-14-31-25(33)22-13-8-7-12-21(22)24(28-31)26(34)30-17-15-29(16-18-30)19-23(32)27-20-10-5-4-6-11-20/h4-8,10-13H,2-3,9,14-19H2,1H3,(H,27,32). The normalized spacial score (nSPS) is 14.3. The summed E-state index contributed by atoms with van der Waals surface area (Å²) in [6.07, 6.45) is 2.89. The number of nitrogens with zero attached hydrogens (tertiary/aromatic N) is 4. The van der Waals surface area contributed by atoms with Crippen LogP contribution in [0.15, 0.2) is 59.4 Å². The van der Waals surface area contributed by atoms with Gasteiger partial charge in [0.2, 0.25) is 5.91 Å². The van der Waals surface area contributed by atoms with E-state index in [1.807, 2.05) is 47.4 Å². The minimum atomic E-state index is -0.172. The van der Waals surface area contributed by atoms with Crippen LogP contribution >= 0.6 is 0 Å². The molecule has 178 valence electrons. The monoisotopic (exact) mass is 461 g/mol. The second-order valence-electron chi connectivity index (χ2n) is 8.61. The molecule has 3 aromatic rings. The molecule has 34 heavy (non-hydrogen) atoms. The van der Waals surface area contributed by atoms with Gasteiger partial charge in [0.05, 0.1) is 11.9 Å². The van der Waals surface area contributed by atoms with Crippen molar-refractivity contribution in [2.45, 2.75) is 32.7 Å². The largest absolute Gasteiger partial charge is 0.335 e. The Morgan fingerprint density at radius 1 is 0.912 bits per heavy atom. The number of anilines is 1. The lowest BCUT2D eigenvalue weighted by atomic mass is 10.1. The lowest BCUT2D eigenvalue weighted by Gasteiger charge is -2.34. The second-order valence-corrected chi connectivity index (χ2v) is 8.61. The Hall–Kier alpha value is -3.52. The molecule has 2 amide bonds. The molecule has 1 saturated heterocycles. The van der Waals surface area contributed by atoms with E-state index in [-0.39, 0.29) is 23.9 Å². The SMILES string of the molecule is CCCCCn1nc(C(=O)N2CCN(CC(=O)Nc3ccccc3)CC2)c2ccccc2c1=O. The lowest BCUT2D eigenvalue weighted by Crippen LogP contribution is -2.50. The number of benzene rings is 2. The Morgan fingerprint density at radius 3 is 2.29 bits per heavy atom. The van der Waals surface area contributed by atoms with Crippen molar-refractivity contribution in [3.05, 3.63) is 70.6 Å². The molecule has 4 rings (SSSR count). The minimum Gasteiger partial charge on any atom is -0.335 e. The van der Waals surface area contributed by atoms with Crippen LogP contribution in [0.25, 0.3) is 10.8 Å².